The van der Waals surface area contributed by atoms with Crippen molar-refractivity contribution in [2.75, 3.05) is 58.9 Å². The summed E-state index contributed by atoms with van der Waals surface area (Å²) in [6.45, 7) is 25.7. The fourth-order valence-corrected chi connectivity index (χ4v) is 4.15. The molecule has 0 amide bonds. The Balaban J connectivity index is 1.61. The molecular formula is C20H41N3. The average Bonchev–Trinajstić information content (AvgIpc) is 2.44. The maximum atomic E-state index is 2.70. The lowest BCUT2D eigenvalue weighted by Crippen LogP contribution is -2.50. The highest BCUT2D eigenvalue weighted by molar-refractivity contribution is 4.82. The van der Waals surface area contributed by atoms with E-state index in [1.807, 2.05) is 0 Å². The van der Waals surface area contributed by atoms with E-state index in [1.54, 1.807) is 0 Å². The lowest BCUT2D eigenvalue weighted by molar-refractivity contribution is 0.0769. The molecule has 0 N–H and O–H groups in total. The maximum Gasteiger partial charge on any atom is 0.0110 e. The van der Waals surface area contributed by atoms with Crippen molar-refractivity contribution in [3.05, 3.63) is 0 Å². The van der Waals surface area contributed by atoms with Crippen LogP contribution in [0.4, 0.5) is 0 Å². The van der Waals surface area contributed by atoms with Gasteiger partial charge in [0.15, 0.2) is 0 Å². The zero-order valence-corrected chi connectivity index (χ0v) is 16.7. The van der Waals surface area contributed by atoms with Gasteiger partial charge in [0.1, 0.15) is 0 Å². The molecule has 0 bridgehead atoms. The Kier molecular flexibility index (Phi) is 6.55. The molecule has 3 nitrogen and oxygen atoms in total. The molecule has 0 aromatic heterocycles. The van der Waals surface area contributed by atoms with E-state index in [0.29, 0.717) is 10.8 Å². The van der Waals surface area contributed by atoms with E-state index in [0.717, 1.165) is 5.92 Å². The molecule has 2 aliphatic heterocycles. The largest absolute Gasteiger partial charge is 0.302 e. The fourth-order valence-electron chi connectivity index (χ4n) is 4.15. The molecule has 0 spiro atoms. The van der Waals surface area contributed by atoms with Crippen LogP contribution in [0, 0.1) is 16.7 Å². The van der Waals surface area contributed by atoms with Gasteiger partial charge in [-0.2, -0.15) is 0 Å². The third-order valence-electron chi connectivity index (χ3n) is 5.71. The summed E-state index contributed by atoms with van der Waals surface area (Å²) < 4.78 is 0. The van der Waals surface area contributed by atoms with Crippen LogP contribution in [0.5, 0.6) is 0 Å². The molecule has 23 heavy (non-hydrogen) atoms. The third kappa shape index (κ3) is 6.72. The van der Waals surface area contributed by atoms with Gasteiger partial charge in [0.25, 0.3) is 0 Å². The Morgan fingerprint density at radius 2 is 1.09 bits per heavy atom. The summed E-state index contributed by atoms with van der Waals surface area (Å²) in [5, 5.41) is 0. The molecule has 0 aromatic carbocycles. The highest BCUT2D eigenvalue weighted by atomic mass is 15.3. The number of nitrogens with zero attached hydrogens (tertiary/aromatic N) is 3. The van der Waals surface area contributed by atoms with E-state index < -0.39 is 0 Å². The van der Waals surface area contributed by atoms with Crippen molar-refractivity contribution in [1.29, 1.82) is 0 Å². The molecule has 0 atom stereocenters. The Labute approximate surface area is 145 Å². The van der Waals surface area contributed by atoms with Crippen LogP contribution < -0.4 is 0 Å². The van der Waals surface area contributed by atoms with E-state index in [4.69, 9.17) is 0 Å². The SMILES string of the molecule is CC(C)(C)CN1CCN(CCN2CCC(C(C)(C)C)CC2)CC1. The second-order valence-electron chi connectivity index (χ2n) is 10.2. The molecule has 2 fully saturated rings. The molecule has 0 radical (unpaired) electrons. The fraction of sp³-hybridized carbons (Fsp3) is 1.00. The van der Waals surface area contributed by atoms with Crippen molar-refractivity contribution in [3.63, 3.8) is 0 Å². The van der Waals surface area contributed by atoms with E-state index in [9.17, 15) is 0 Å². The van der Waals surface area contributed by atoms with Crippen LogP contribution in [-0.2, 0) is 0 Å². The molecule has 136 valence electrons. The lowest BCUT2D eigenvalue weighted by Gasteiger charge is -2.41. The van der Waals surface area contributed by atoms with E-state index in [2.05, 4.69) is 56.2 Å². The van der Waals surface area contributed by atoms with E-state index in [-0.39, 0.29) is 0 Å². The first kappa shape index (κ1) is 19.2. The predicted molar refractivity (Wildman–Crippen MR) is 101 cm³/mol. The van der Waals surface area contributed by atoms with Crippen molar-refractivity contribution in [2.24, 2.45) is 16.7 Å². The molecule has 0 unspecified atom stereocenters. The van der Waals surface area contributed by atoms with Crippen LogP contribution in [0.3, 0.4) is 0 Å². The van der Waals surface area contributed by atoms with Gasteiger partial charge in [0, 0.05) is 45.8 Å². The van der Waals surface area contributed by atoms with Gasteiger partial charge in [0.2, 0.25) is 0 Å². The summed E-state index contributed by atoms with van der Waals surface area (Å²) in [7, 11) is 0. The van der Waals surface area contributed by atoms with Crippen LogP contribution in [0.15, 0.2) is 0 Å². The highest BCUT2D eigenvalue weighted by Gasteiger charge is 2.29. The Morgan fingerprint density at radius 1 is 0.652 bits per heavy atom. The number of hydrogen-bond donors (Lipinski definition) is 0. The Bertz CT molecular complexity index is 337. The van der Waals surface area contributed by atoms with Crippen LogP contribution >= 0.6 is 0 Å². The number of piperazine rings is 1. The van der Waals surface area contributed by atoms with Gasteiger partial charge < -0.3 is 9.80 Å². The minimum atomic E-state index is 0.430. The summed E-state index contributed by atoms with van der Waals surface area (Å²) in [4.78, 5) is 8.02. The van der Waals surface area contributed by atoms with Gasteiger partial charge in [0.05, 0.1) is 0 Å². The smallest absolute Gasteiger partial charge is 0.0110 e. The number of rotatable bonds is 4. The topological polar surface area (TPSA) is 9.72 Å². The van der Waals surface area contributed by atoms with E-state index >= 15 is 0 Å². The quantitative estimate of drug-likeness (QED) is 0.785. The van der Waals surface area contributed by atoms with Gasteiger partial charge in [-0.3, -0.25) is 4.90 Å². The first-order chi connectivity index (χ1) is 10.6. The number of likely N-dealkylation sites (tertiary alicyclic amines) is 1. The second kappa shape index (κ2) is 7.84. The van der Waals surface area contributed by atoms with Gasteiger partial charge in [-0.1, -0.05) is 41.5 Å². The summed E-state index contributed by atoms with van der Waals surface area (Å²) in [5.74, 6) is 0.916. The molecule has 0 aromatic rings. The predicted octanol–water partition coefficient (Wildman–Crippen LogP) is 3.41. The summed E-state index contributed by atoms with van der Waals surface area (Å²) >= 11 is 0. The summed E-state index contributed by atoms with van der Waals surface area (Å²) in [6.07, 6.45) is 2.78. The van der Waals surface area contributed by atoms with Crippen LogP contribution in [0.1, 0.15) is 54.4 Å². The monoisotopic (exact) mass is 323 g/mol. The average molecular weight is 324 g/mol. The zero-order valence-electron chi connectivity index (χ0n) is 16.7. The van der Waals surface area contributed by atoms with Crippen molar-refractivity contribution < 1.29 is 0 Å². The molecule has 2 saturated heterocycles. The van der Waals surface area contributed by atoms with Gasteiger partial charge in [-0.15, -0.1) is 0 Å². The van der Waals surface area contributed by atoms with Crippen LogP contribution in [-0.4, -0.2) is 73.6 Å². The first-order valence-electron chi connectivity index (χ1n) is 9.80. The van der Waals surface area contributed by atoms with Crippen molar-refractivity contribution >= 4 is 0 Å². The molecule has 2 aliphatic rings. The van der Waals surface area contributed by atoms with Gasteiger partial charge in [-0.25, -0.2) is 0 Å². The Morgan fingerprint density at radius 3 is 1.52 bits per heavy atom. The van der Waals surface area contributed by atoms with Gasteiger partial charge >= 0.3 is 0 Å². The van der Waals surface area contributed by atoms with Crippen molar-refractivity contribution in [1.82, 2.24) is 14.7 Å². The van der Waals surface area contributed by atoms with Crippen molar-refractivity contribution in [2.45, 2.75) is 54.4 Å². The number of hydrogen-bond acceptors (Lipinski definition) is 3. The normalized spacial score (nSPS) is 24.3. The third-order valence-corrected chi connectivity index (χ3v) is 5.71. The standard InChI is InChI=1S/C20H41N3/c1-19(2,3)17-23-15-13-22(14-16-23)12-11-21-9-7-18(8-10-21)20(4,5)6/h18H,7-17H2,1-6H3. The zero-order chi connectivity index (χ0) is 17.1. The molecular weight excluding hydrogens is 282 g/mol. The summed E-state index contributed by atoms with van der Waals surface area (Å²) in [5.41, 5.74) is 0.926. The lowest BCUT2D eigenvalue weighted by atomic mass is 9.75. The van der Waals surface area contributed by atoms with Gasteiger partial charge in [-0.05, 0) is 42.7 Å². The molecule has 2 heterocycles. The summed E-state index contributed by atoms with van der Waals surface area (Å²) in [6, 6.07) is 0. The highest BCUT2D eigenvalue weighted by Crippen LogP contribution is 2.34. The van der Waals surface area contributed by atoms with Crippen LogP contribution in [0.2, 0.25) is 0 Å². The minimum absolute atomic E-state index is 0.430. The molecule has 0 saturated carbocycles. The first-order valence-corrected chi connectivity index (χ1v) is 9.80. The molecule has 3 heteroatoms. The second-order valence-corrected chi connectivity index (χ2v) is 10.2. The minimum Gasteiger partial charge on any atom is -0.302 e. The Hall–Kier alpha value is -0.120. The van der Waals surface area contributed by atoms with Crippen molar-refractivity contribution in [3.8, 4) is 0 Å². The maximum absolute atomic E-state index is 2.70. The van der Waals surface area contributed by atoms with Crippen LogP contribution in [0.25, 0.3) is 0 Å². The number of piperidine rings is 1. The molecule has 0 aliphatic carbocycles. The van der Waals surface area contributed by atoms with E-state index in [1.165, 1.54) is 71.7 Å². The molecule has 2 rings (SSSR count).